The lowest BCUT2D eigenvalue weighted by molar-refractivity contribution is -0.116. The minimum Gasteiger partial charge on any atom is -0.461 e. The molecule has 0 unspecified atom stereocenters. The van der Waals surface area contributed by atoms with Gasteiger partial charge in [-0.05, 0) is 42.8 Å². The van der Waals surface area contributed by atoms with E-state index in [1.807, 2.05) is 35.2 Å². The molecule has 0 aliphatic carbocycles. The largest absolute Gasteiger partial charge is 0.461 e. The molecule has 2 aliphatic rings. The fourth-order valence-electron chi connectivity index (χ4n) is 4.17. The summed E-state index contributed by atoms with van der Waals surface area (Å²) < 4.78 is 16.9. The van der Waals surface area contributed by atoms with Gasteiger partial charge in [-0.25, -0.2) is 0 Å². The van der Waals surface area contributed by atoms with Crippen molar-refractivity contribution in [1.29, 1.82) is 0 Å². The number of furan rings is 1. The van der Waals surface area contributed by atoms with Crippen molar-refractivity contribution in [3.63, 3.8) is 0 Å². The Labute approximate surface area is 192 Å². The average Bonchev–Trinajstić information content (AvgIpc) is 3.48. The van der Waals surface area contributed by atoms with Crippen LogP contribution in [0.25, 0.3) is 11.3 Å². The number of rotatable bonds is 6. The van der Waals surface area contributed by atoms with E-state index in [4.69, 9.17) is 13.9 Å². The van der Waals surface area contributed by atoms with Crippen LogP contribution in [-0.4, -0.2) is 30.1 Å². The van der Waals surface area contributed by atoms with Crippen LogP contribution >= 0.6 is 0 Å². The van der Waals surface area contributed by atoms with Gasteiger partial charge in [0.1, 0.15) is 11.5 Å². The van der Waals surface area contributed by atoms with Crippen LogP contribution in [0.3, 0.4) is 0 Å². The molecule has 170 valence electrons. The molecule has 0 fully saturated rings. The molecule has 0 radical (unpaired) electrons. The van der Waals surface area contributed by atoms with Gasteiger partial charge in [0.25, 0.3) is 5.91 Å². The molecule has 33 heavy (non-hydrogen) atoms. The monoisotopic (exact) mass is 446 g/mol. The number of carbonyl (C=O) groups is 2. The normalized spacial score (nSPS) is 14.2. The topological polar surface area (TPSA) is 81.0 Å². The molecule has 5 rings (SSSR count). The predicted octanol–water partition coefficient (Wildman–Crippen LogP) is 5.00. The van der Waals surface area contributed by atoms with Gasteiger partial charge >= 0.3 is 0 Å². The van der Waals surface area contributed by atoms with E-state index >= 15 is 0 Å². The molecule has 7 heteroatoms. The van der Waals surface area contributed by atoms with Crippen molar-refractivity contribution < 1.29 is 23.5 Å². The van der Waals surface area contributed by atoms with Gasteiger partial charge in [0.05, 0.1) is 0 Å². The minimum absolute atomic E-state index is 0.0189. The van der Waals surface area contributed by atoms with Crippen LogP contribution in [0.5, 0.6) is 11.5 Å². The number of anilines is 1. The van der Waals surface area contributed by atoms with Crippen molar-refractivity contribution in [2.24, 2.45) is 0 Å². The first kappa shape index (κ1) is 21.1. The number of hydrogen-bond acceptors (Lipinski definition) is 5. The molecule has 0 bridgehead atoms. The zero-order chi connectivity index (χ0) is 22.8. The van der Waals surface area contributed by atoms with Crippen molar-refractivity contribution in [1.82, 2.24) is 4.90 Å². The maximum Gasteiger partial charge on any atom is 0.254 e. The van der Waals surface area contributed by atoms with Gasteiger partial charge in [0.2, 0.25) is 12.7 Å². The Morgan fingerprint density at radius 1 is 1.06 bits per heavy atom. The van der Waals surface area contributed by atoms with Crippen LogP contribution in [0, 0.1) is 0 Å². The lowest BCUT2D eigenvalue weighted by Gasteiger charge is -2.26. The Kier molecular flexibility index (Phi) is 5.77. The summed E-state index contributed by atoms with van der Waals surface area (Å²) in [6.07, 6.45) is 3.03. The number of fused-ring (bicyclic) bond motifs is 2. The number of benzene rings is 2. The third kappa shape index (κ3) is 4.44. The summed E-state index contributed by atoms with van der Waals surface area (Å²) in [7, 11) is 0. The summed E-state index contributed by atoms with van der Waals surface area (Å²) >= 11 is 0. The number of ether oxygens (including phenoxy) is 2. The van der Waals surface area contributed by atoms with Crippen LogP contribution in [0.1, 0.15) is 47.9 Å². The summed E-state index contributed by atoms with van der Waals surface area (Å²) in [6, 6.07) is 14.9. The lowest BCUT2D eigenvalue weighted by atomic mass is 10.1. The fraction of sp³-hybridized carbons (Fsp3) is 0.308. The molecule has 2 aliphatic heterocycles. The Hall–Kier alpha value is -3.74. The van der Waals surface area contributed by atoms with Gasteiger partial charge in [-0.1, -0.05) is 25.5 Å². The molecule has 1 N–H and O–H groups in total. The Balaban J connectivity index is 1.30. The van der Waals surface area contributed by atoms with E-state index < -0.39 is 0 Å². The molecule has 7 nitrogen and oxygen atoms in total. The molecule has 2 amide bonds. The Morgan fingerprint density at radius 2 is 1.94 bits per heavy atom. The fourth-order valence-corrected chi connectivity index (χ4v) is 4.17. The van der Waals surface area contributed by atoms with Crippen LogP contribution in [0.4, 0.5) is 5.69 Å². The summed E-state index contributed by atoms with van der Waals surface area (Å²) in [5.74, 6) is 2.88. The Bertz CT molecular complexity index is 1200. The van der Waals surface area contributed by atoms with Crippen molar-refractivity contribution in [3.8, 4) is 22.8 Å². The summed E-state index contributed by atoms with van der Waals surface area (Å²) in [4.78, 5) is 27.0. The molecule has 0 saturated heterocycles. The van der Waals surface area contributed by atoms with Crippen molar-refractivity contribution >= 4 is 17.5 Å². The first-order valence-corrected chi connectivity index (χ1v) is 11.3. The maximum atomic E-state index is 13.1. The van der Waals surface area contributed by atoms with Crippen LogP contribution in [0.2, 0.25) is 0 Å². The molecular weight excluding hydrogens is 420 g/mol. The summed E-state index contributed by atoms with van der Waals surface area (Å²) in [5.41, 5.74) is 3.23. The molecule has 3 heterocycles. The first-order chi connectivity index (χ1) is 16.1. The summed E-state index contributed by atoms with van der Waals surface area (Å²) in [6.45, 7) is 3.32. The van der Waals surface area contributed by atoms with E-state index in [1.165, 1.54) is 0 Å². The molecule has 3 aromatic rings. The number of nitrogens with one attached hydrogen (secondary N) is 1. The second kappa shape index (κ2) is 9.02. The van der Waals surface area contributed by atoms with E-state index in [1.54, 1.807) is 18.2 Å². The van der Waals surface area contributed by atoms with Gasteiger partial charge in [-0.2, -0.15) is 0 Å². The van der Waals surface area contributed by atoms with Gasteiger partial charge in [0, 0.05) is 48.3 Å². The highest BCUT2D eigenvalue weighted by molar-refractivity contribution is 5.95. The van der Waals surface area contributed by atoms with Crippen LogP contribution in [0.15, 0.2) is 52.9 Å². The zero-order valence-corrected chi connectivity index (χ0v) is 18.6. The Morgan fingerprint density at radius 3 is 2.82 bits per heavy atom. The van der Waals surface area contributed by atoms with Crippen molar-refractivity contribution in [2.45, 2.75) is 39.2 Å². The third-order valence-electron chi connectivity index (χ3n) is 5.96. The van der Waals surface area contributed by atoms with Crippen molar-refractivity contribution in [3.05, 3.63) is 65.4 Å². The van der Waals surface area contributed by atoms with Gasteiger partial charge in [-0.15, -0.1) is 0 Å². The van der Waals surface area contributed by atoms with E-state index in [0.29, 0.717) is 43.0 Å². The minimum atomic E-state index is -0.0431. The highest BCUT2D eigenvalue weighted by Gasteiger charge is 2.26. The van der Waals surface area contributed by atoms with E-state index in [9.17, 15) is 9.59 Å². The number of nitrogens with zero attached hydrogens (tertiary/aromatic N) is 1. The standard InChI is InChI=1S/C26H26N2O5/c1-2-3-7-25(29)27-20-6-4-5-17(12-20)23-14-19-15-28(11-10-21(19)33-23)26(30)18-8-9-22-24(13-18)32-16-31-22/h4-6,8-9,12-14H,2-3,7,10-11,15-16H2,1H3,(H,27,29). The third-order valence-corrected chi connectivity index (χ3v) is 5.96. The predicted molar refractivity (Wildman–Crippen MR) is 123 cm³/mol. The molecule has 1 aromatic heterocycles. The second-order valence-electron chi connectivity index (χ2n) is 8.34. The maximum absolute atomic E-state index is 13.1. The number of hydrogen-bond donors (Lipinski definition) is 1. The molecule has 0 saturated carbocycles. The number of amides is 2. The van der Waals surface area contributed by atoms with E-state index in [0.717, 1.165) is 41.2 Å². The highest BCUT2D eigenvalue weighted by Crippen LogP contribution is 2.34. The quantitative estimate of drug-likeness (QED) is 0.576. The molecule has 0 atom stereocenters. The average molecular weight is 447 g/mol. The second-order valence-corrected chi connectivity index (χ2v) is 8.34. The zero-order valence-electron chi connectivity index (χ0n) is 18.6. The number of carbonyl (C=O) groups excluding carboxylic acids is 2. The lowest BCUT2D eigenvalue weighted by Crippen LogP contribution is -2.35. The van der Waals surface area contributed by atoms with E-state index in [2.05, 4.69) is 12.2 Å². The first-order valence-electron chi connectivity index (χ1n) is 11.3. The van der Waals surface area contributed by atoms with Crippen LogP contribution in [-0.2, 0) is 17.8 Å². The SMILES string of the molecule is CCCCC(=O)Nc1cccc(-c2cc3c(o2)CCN(C(=O)c2ccc4c(c2)OCO4)C3)c1. The van der Waals surface area contributed by atoms with Crippen molar-refractivity contribution in [2.75, 3.05) is 18.7 Å². The number of unbranched alkanes of at least 4 members (excludes halogenated alkanes) is 1. The van der Waals surface area contributed by atoms with Gasteiger partial charge < -0.3 is 24.1 Å². The molecule has 2 aromatic carbocycles. The van der Waals surface area contributed by atoms with Crippen LogP contribution < -0.4 is 14.8 Å². The van der Waals surface area contributed by atoms with Gasteiger partial charge in [0.15, 0.2) is 11.5 Å². The highest BCUT2D eigenvalue weighted by atomic mass is 16.7. The molecular formula is C26H26N2O5. The molecule has 0 spiro atoms. The summed E-state index contributed by atoms with van der Waals surface area (Å²) in [5, 5.41) is 2.95. The van der Waals surface area contributed by atoms with Gasteiger partial charge in [-0.3, -0.25) is 9.59 Å². The smallest absolute Gasteiger partial charge is 0.254 e. The van der Waals surface area contributed by atoms with E-state index in [-0.39, 0.29) is 18.6 Å².